The molecule has 0 radical (unpaired) electrons. The number of carbonyl (C=O) groups excluding carboxylic acids is 1. The Labute approximate surface area is 59.0 Å². The Morgan fingerprint density at radius 3 is 2.67 bits per heavy atom. The van der Waals surface area contributed by atoms with E-state index in [1.54, 1.807) is 6.08 Å². The minimum atomic E-state index is 0.136. The van der Waals surface area contributed by atoms with Crippen molar-refractivity contribution in [3.05, 3.63) is 22.8 Å². The molecule has 1 nitrogen and oxygen atoms in total. The van der Waals surface area contributed by atoms with E-state index in [1.165, 1.54) is 6.08 Å². The van der Waals surface area contributed by atoms with Gasteiger partial charge in [0.15, 0.2) is 5.78 Å². The molecule has 0 spiro atoms. The third-order valence-electron chi connectivity index (χ3n) is 1.26. The molecule has 0 bridgehead atoms. The van der Waals surface area contributed by atoms with Crippen LogP contribution in [0.15, 0.2) is 22.8 Å². The van der Waals surface area contributed by atoms with Gasteiger partial charge < -0.3 is 0 Å². The summed E-state index contributed by atoms with van der Waals surface area (Å²) < 4.78 is 0. The van der Waals surface area contributed by atoms with E-state index in [4.69, 9.17) is 11.6 Å². The van der Waals surface area contributed by atoms with Gasteiger partial charge in [0, 0.05) is 11.5 Å². The number of ketones is 1. The first-order valence-electron chi connectivity index (χ1n) is 2.76. The zero-order valence-corrected chi connectivity index (χ0v) is 5.90. The van der Waals surface area contributed by atoms with E-state index in [0.29, 0.717) is 11.5 Å². The number of hydrogen-bond acceptors (Lipinski definition) is 1. The summed E-state index contributed by atoms with van der Waals surface area (Å²) in [6.07, 6.45) is 3.63. The molecule has 9 heavy (non-hydrogen) atoms. The molecule has 0 N–H and O–H groups in total. The van der Waals surface area contributed by atoms with Gasteiger partial charge in [-0.3, -0.25) is 4.79 Å². The second-order valence-electron chi connectivity index (χ2n) is 2.10. The van der Waals surface area contributed by atoms with Crippen molar-refractivity contribution in [2.24, 2.45) is 0 Å². The third kappa shape index (κ3) is 1.42. The summed E-state index contributed by atoms with van der Waals surface area (Å²) in [5.41, 5.74) is 0.962. The maximum atomic E-state index is 10.6. The van der Waals surface area contributed by atoms with Crippen molar-refractivity contribution in [1.82, 2.24) is 0 Å². The minimum absolute atomic E-state index is 0.136. The summed E-state index contributed by atoms with van der Waals surface area (Å²) in [6, 6.07) is 0. The van der Waals surface area contributed by atoms with Crippen molar-refractivity contribution in [1.29, 1.82) is 0 Å². The third-order valence-corrected chi connectivity index (χ3v) is 1.71. The van der Waals surface area contributed by atoms with Crippen LogP contribution in [-0.4, -0.2) is 5.78 Å². The van der Waals surface area contributed by atoms with Gasteiger partial charge in [-0.1, -0.05) is 11.6 Å². The van der Waals surface area contributed by atoms with E-state index in [2.05, 4.69) is 0 Å². The number of allylic oxidation sites excluding steroid dienone is 4. The van der Waals surface area contributed by atoms with Gasteiger partial charge in [-0.25, -0.2) is 0 Å². The van der Waals surface area contributed by atoms with E-state index in [0.717, 1.165) is 5.57 Å². The van der Waals surface area contributed by atoms with Crippen molar-refractivity contribution >= 4 is 17.4 Å². The molecule has 0 aromatic rings. The molecule has 2 heteroatoms. The fraction of sp³-hybridized carbons (Fsp3) is 0.286. The van der Waals surface area contributed by atoms with Crippen LogP contribution in [0.25, 0.3) is 0 Å². The Balaban J connectivity index is 2.87. The van der Waals surface area contributed by atoms with Gasteiger partial charge in [0.05, 0.1) is 0 Å². The van der Waals surface area contributed by atoms with Crippen molar-refractivity contribution in [2.75, 3.05) is 0 Å². The van der Waals surface area contributed by atoms with Crippen molar-refractivity contribution in [3.8, 4) is 0 Å². The summed E-state index contributed by atoms with van der Waals surface area (Å²) in [7, 11) is 0. The quantitative estimate of drug-likeness (QED) is 0.506. The first kappa shape index (κ1) is 6.56. The number of rotatable bonds is 0. The molecule has 48 valence electrons. The Morgan fingerprint density at radius 1 is 1.56 bits per heavy atom. The molecule has 0 aromatic carbocycles. The van der Waals surface area contributed by atoms with Gasteiger partial charge in [0.1, 0.15) is 0 Å². The first-order chi connectivity index (χ1) is 4.20. The van der Waals surface area contributed by atoms with Gasteiger partial charge in [0.25, 0.3) is 0 Å². The largest absolute Gasteiger partial charge is 0.294 e. The highest BCUT2D eigenvalue weighted by Crippen LogP contribution is 2.18. The molecule has 0 saturated heterocycles. The van der Waals surface area contributed by atoms with Crippen LogP contribution in [-0.2, 0) is 4.79 Å². The predicted octanol–water partition coefficient (Wildman–Crippen LogP) is 2.03. The van der Waals surface area contributed by atoms with E-state index in [-0.39, 0.29) is 5.78 Å². The van der Waals surface area contributed by atoms with Crippen LogP contribution in [0.5, 0.6) is 0 Å². The van der Waals surface area contributed by atoms with Crippen molar-refractivity contribution < 1.29 is 4.79 Å². The lowest BCUT2D eigenvalue weighted by atomic mass is 10.1. The summed E-state index contributed by atoms with van der Waals surface area (Å²) in [4.78, 5) is 10.6. The van der Waals surface area contributed by atoms with Crippen LogP contribution in [0.3, 0.4) is 0 Å². The second-order valence-corrected chi connectivity index (χ2v) is 2.51. The lowest BCUT2D eigenvalue weighted by molar-refractivity contribution is -0.114. The Hall–Kier alpha value is -0.560. The molecule has 0 unspecified atom stereocenters. The normalized spacial score (nSPS) is 19.1. The Morgan fingerprint density at radius 2 is 2.22 bits per heavy atom. The van der Waals surface area contributed by atoms with Crippen LogP contribution in [0, 0.1) is 0 Å². The highest BCUT2D eigenvalue weighted by Gasteiger charge is 2.06. The van der Waals surface area contributed by atoms with Crippen LogP contribution in [0.1, 0.15) is 13.3 Å². The fourth-order valence-corrected chi connectivity index (χ4v) is 0.843. The standard InChI is InChI=1S/C7H7ClO/c1-5-4-6(9)2-3-7(5)8/h2-3H,4H2,1H3. The summed E-state index contributed by atoms with van der Waals surface area (Å²) >= 11 is 5.67. The van der Waals surface area contributed by atoms with Gasteiger partial charge in [-0.05, 0) is 24.6 Å². The van der Waals surface area contributed by atoms with Crippen LogP contribution in [0.2, 0.25) is 0 Å². The van der Waals surface area contributed by atoms with Gasteiger partial charge in [-0.15, -0.1) is 0 Å². The topological polar surface area (TPSA) is 17.1 Å². The smallest absolute Gasteiger partial charge is 0.159 e. The zero-order chi connectivity index (χ0) is 6.85. The summed E-state index contributed by atoms with van der Waals surface area (Å²) in [6.45, 7) is 1.86. The highest BCUT2D eigenvalue weighted by molar-refractivity contribution is 6.32. The van der Waals surface area contributed by atoms with Crippen LogP contribution < -0.4 is 0 Å². The fourth-order valence-electron chi connectivity index (χ4n) is 0.713. The molecule has 1 rings (SSSR count). The maximum absolute atomic E-state index is 10.6. The molecule has 0 fully saturated rings. The lowest BCUT2D eigenvalue weighted by Gasteiger charge is -2.03. The predicted molar refractivity (Wildman–Crippen MR) is 37.3 cm³/mol. The molecular formula is C7H7ClO. The van der Waals surface area contributed by atoms with Gasteiger partial charge in [0.2, 0.25) is 0 Å². The minimum Gasteiger partial charge on any atom is -0.294 e. The molecule has 1 aliphatic rings. The Bertz CT molecular complexity index is 201. The molecule has 0 saturated carbocycles. The average Bonchev–Trinajstić information content (AvgIpc) is 1.80. The Kier molecular flexibility index (Phi) is 1.72. The lowest BCUT2D eigenvalue weighted by Crippen LogP contribution is -1.98. The summed E-state index contributed by atoms with van der Waals surface area (Å²) in [5.74, 6) is 0.136. The molecule has 0 amide bonds. The molecule has 0 aromatic heterocycles. The van der Waals surface area contributed by atoms with E-state index in [9.17, 15) is 4.79 Å². The number of halogens is 1. The zero-order valence-electron chi connectivity index (χ0n) is 5.15. The first-order valence-corrected chi connectivity index (χ1v) is 3.14. The van der Waals surface area contributed by atoms with Crippen LogP contribution >= 0.6 is 11.6 Å². The van der Waals surface area contributed by atoms with E-state index in [1.807, 2.05) is 6.92 Å². The monoisotopic (exact) mass is 142 g/mol. The van der Waals surface area contributed by atoms with E-state index < -0.39 is 0 Å². The van der Waals surface area contributed by atoms with Crippen LogP contribution in [0.4, 0.5) is 0 Å². The molecule has 0 heterocycles. The molecule has 0 aliphatic heterocycles. The van der Waals surface area contributed by atoms with E-state index >= 15 is 0 Å². The molecular weight excluding hydrogens is 136 g/mol. The number of carbonyl (C=O) groups is 1. The highest BCUT2D eigenvalue weighted by atomic mass is 35.5. The van der Waals surface area contributed by atoms with Gasteiger partial charge >= 0.3 is 0 Å². The maximum Gasteiger partial charge on any atom is 0.159 e. The van der Waals surface area contributed by atoms with Crippen molar-refractivity contribution in [2.45, 2.75) is 13.3 Å². The van der Waals surface area contributed by atoms with Crippen molar-refractivity contribution in [3.63, 3.8) is 0 Å². The molecule has 1 aliphatic carbocycles. The molecule has 0 atom stereocenters. The number of hydrogen-bond donors (Lipinski definition) is 0. The average molecular weight is 143 g/mol. The SMILES string of the molecule is CC1=C(Cl)C=CC(=O)C1. The second kappa shape index (κ2) is 2.36. The van der Waals surface area contributed by atoms with Gasteiger partial charge in [-0.2, -0.15) is 0 Å². The summed E-state index contributed by atoms with van der Waals surface area (Å²) in [5, 5.41) is 0.703.